The lowest BCUT2D eigenvalue weighted by molar-refractivity contribution is 0.160. The van der Waals surface area contributed by atoms with Gasteiger partial charge in [-0.25, -0.2) is 4.98 Å². The van der Waals surface area contributed by atoms with Crippen LogP contribution in [0.2, 0.25) is 0 Å². The molecular formula is C15H16BrNOS. The molecule has 0 aliphatic heterocycles. The summed E-state index contributed by atoms with van der Waals surface area (Å²) in [7, 11) is 0. The summed E-state index contributed by atoms with van der Waals surface area (Å²) >= 11 is 5.24. The molecule has 3 rings (SSSR count). The number of halogens is 1. The van der Waals surface area contributed by atoms with Crippen molar-refractivity contribution >= 4 is 27.3 Å². The standard InChI is InChI=1S/C15H16BrNOS/c1-8-6-10(7-9(2)13(8)16)15-17-11-4-3-5-12(18)14(11)19-15/h6-7,12,18H,3-5H2,1-2H3. The lowest BCUT2D eigenvalue weighted by atomic mass is 10.0. The van der Waals surface area contributed by atoms with Crippen molar-refractivity contribution in [1.82, 2.24) is 4.98 Å². The smallest absolute Gasteiger partial charge is 0.123 e. The number of aryl methyl sites for hydroxylation is 3. The Kier molecular flexibility index (Phi) is 3.50. The van der Waals surface area contributed by atoms with E-state index in [0.29, 0.717) is 0 Å². The molecule has 0 saturated carbocycles. The fourth-order valence-corrected chi connectivity index (χ4v) is 3.94. The van der Waals surface area contributed by atoms with Gasteiger partial charge in [0.15, 0.2) is 0 Å². The number of aliphatic hydroxyl groups excluding tert-OH is 1. The molecule has 1 aromatic heterocycles. The molecule has 1 heterocycles. The van der Waals surface area contributed by atoms with E-state index in [0.717, 1.165) is 44.9 Å². The van der Waals surface area contributed by atoms with E-state index >= 15 is 0 Å². The summed E-state index contributed by atoms with van der Waals surface area (Å²) in [6.45, 7) is 4.20. The zero-order valence-corrected chi connectivity index (χ0v) is 13.4. The molecule has 1 aliphatic carbocycles. The van der Waals surface area contributed by atoms with E-state index in [9.17, 15) is 5.11 Å². The second-order valence-corrected chi connectivity index (χ2v) is 6.99. The molecule has 100 valence electrons. The minimum atomic E-state index is -0.312. The van der Waals surface area contributed by atoms with Crippen LogP contribution in [0.5, 0.6) is 0 Å². The maximum atomic E-state index is 10.0. The molecule has 1 unspecified atom stereocenters. The van der Waals surface area contributed by atoms with Gasteiger partial charge in [0.2, 0.25) is 0 Å². The Balaban J connectivity index is 2.08. The molecule has 1 aliphatic rings. The van der Waals surface area contributed by atoms with Crippen molar-refractivity contribution < 1.29 is 5.11 Å². The highest BCUT2D eigenvalue weighted by molar-refractivity contribution is 9.10. The first-order valence-electron chi connectivity index (χ1n) is 6.51. The van der Waals surface area contributed by atoms with Gasteiger partial charge in [-0.3, -0.25) is 0 Å². The number of fused-ring (bicyclic) bond motifs is 1. The summed E-state index contributed by atoms with van der Waals surface area (Å²) in [5.74, 6) is 0. The van der Waals surface area contributed by atoms with E-state index in [1.807, 2.05) is 0 Å². The molecule has 0 fully saturated rings. The van der Waals surface area contributed by atoms with Crippen LogP contribution >= 0.6 is 27.3 Å². The third-order valence-electron chi connectivity index (χ3n) is 3.60. The average Bonchev–Trinajstić information content (AvgIpc) is 2.81. The number of aliphatic hydroxyl groups is 1. The number of rotatable bonds is 1. The van der Waals surface area contributed by atoms with E-state index in [2.05, 4.69) is 41.9 Å². The Morgan fingerprint density at radius 1 is 1.32 bits per heavy atom. The van der Waals surface area contributed by atoms with Gasteiger partial charge in [0.25, 0.3) is 0 Å². The van der Waals surface area contributed by atoms with Crippen LogP contribution in [0.1, 0.15) is 40.6 Å². The Bertz CT molecular complexity index is 612. The van der Waals surface area contributed by atoms with E-state index in [1.54, 1.807) is 11.3 Å². The highest BCUT2D eigenvalue weighted by atomic mass is 79.9. The lowest BCUT2D eigenvalue weighted by Crippen LogP contribution is -2.06. The van der Waals surface area contributed by atoms with Gasteiger partial charge >= 0.3 is 0 Å². The van der Waals surface area contributed by atoms with Gasteiger partial charge in [-0.2, -0.15) is 0 Å². The van der Waals surface area contributed by atoms with Crippen LogP contribution in [-0.4, -0.2) is 10.1 Å². The average molecular weight is 338 g/mol. The van der Waals surface area contributed by atoms with Gasteiger partial charge in [0, 0.05) is 10.0 Å². The summed E-state index contributed by atoms with van der Waals surface area (Å²) in [5.41, 5.74) is 4.70. The Morgan fingerprint density at radius 3 is 2.63 bits per heavy atom. The van der Waals surface area contributed by atoms with Crippen LogP contribution in [0.3, 0.4) is 0 Å². The minimum Gasteiger partial charge on any atom is -0.388 e. The topological polar surface area (TPSA) is 33.1 Å². The predicted molar refractivity (Wildman–Crippen MR) is 82.6 cm³/mol. The fraction of sp³-hybridized carbons (Fsp3) is 0.400. The number of thiazole rings is 1. The number of hydrogen-bond donors (Lipinski definition) is 1. The van der Waals surface area contributed by atoms with E-state index in [4.69, 9.17) is 4.98 Å². The zero-order valence-electron chi connectivity index (χ0n) is 11.0. The van der Waals surface area contributed by atoms with Crippen molar-refractivity contribution in [3.05, 3.63) is 38.3 Å². The van der Waals surface area contributed by atoms with Crippen molar-refractivity contribution in [2.75, 3.05) is 0 Å². The molecule has 4 heteroatoms. The zero-order chi connectivity index (χ0) is 13.6. The van der Waals surface area contributed by atoms with E-state index in [1.165, 1.54) is 11.1 Å². The van der Waals surface area contributed by atoms with Crippen LogP contribution in [-0.2, 0) is 6.42 Å². The molecule has 0 radical (unpaired) electrons. The van der Waals surface area contributed by atoms with Gasteiger partial charge < -0.3 is 5.11 Å². The first-order chi connectivity index (χ1) is 9.06. The van der Waals surface area contributed by atoms with E-state index < -0.39 is 0 Å². The van der Waals surface area contributed by atoms with Gasteiger partial charge in [0.1, 0.15) is 5.01 Å². The molecule has 1 aromatic carbocycles. The predicted octanol–water partition coefficient (Wildman–Crippen LogP) is 4.56. The quantitative estimate of drug-likeness (QED) is 0.827. The SMILES string of the molecule is Cc1cc(-c2nc3c(s2)C(O)CCC3)cc(C)c1Br. The van der Waals surface area contributed by atoms with Crippen molar-refractivity contribution in [3.63, 3.8) is 0 Å². The van der Waals surface area contributed by atoms with Gasteiger partial charge in [-0.1, -0.05) is 15.9 Å². The summed E-state index contributed by atoms with van der Waals surface area (Å²) in [6, 6.07) is 4.32. The largest absolute Gasteiger partial charge is 0.388 e. The van der Waals surface area contributed by atoms with E-state index in [-0.39, 0.29) is 6.10 Å². The third kappa shape index (κ3) is 2.37. The maximum Gasteiger partial charge on any atom is 0.123 e. The molecule has 19 heavy (non-hydrogen) atoms. The number of nitrogens with zero attached hydrogens (tertiary/aromatic N) is 1. The van der Waals surface area contributed by atoms with Crippen molar-refractivity contribution in [1.29, 1.82) is 0 Å². The number of benzene rings is 1. The summed E-state index contributed by atoms with van der Waals surface area (Å²) in [5, 5.41) is 11.1. The lowest BCUT2D eigenvalue weighted by Gasteiger charge is -2.14. The highest BCUT2D eigenvalue weighted by Crippen LogP contribution is 2.38. The van der Waals surface area contributed by atoms with Crippen LogP contribution in [0.15, 0.2) is 16.6 Å². The van der Waals surface area contributed by atoms with Gasteiger partial charge in [-0.15, -0.1) is 11.3 Å². The second-order valence-electron chi connectivity index (χ2n) is 5.16. The number of hydrogen-bond acceptors (Lipinski definition) is 3. The number of aromatic nitrogens is 1. The van der Waals surface area contributed by atoms with Crippen molar-refractivity contribution in [2.24, 2.45) is 0 Å². The van der Waals surface area contributed by atoms with Gasteiger partial charge in [0.05, 0.1) is 16.7 Å². The molecule has 0 amide bonds. The maximum absolute atomic E-state index is 10.0. The Hall–Kier alpha value is -0.710. The summed E-state index contributed by atoms with van der Waals surface area (Å²) in [6.07, 6.45) is 2.59. The molecule has 1 atom stereocenters. The Labute approximate surface area is 125 Å². The third-order valence-corrected chi connectivity index (χ3v) is 6.10. The summed E-state index contributed by atoms with van der Waals surface area (Å²) < 4.78 is 1.16. The highest BCUT2D eigenvalue weighted by Gasteiger charge is 2.23. The molecule has 0 saturated heterocycles. The molecule has 0 bridgehead atoms. The monoisotopic (exact) mass is 337 g/mol. The summed E-state index contributed by atoms with van der Waals surface area (Å²) in [4.78, 5) is 5.80. The van der Waals surface area contributed by atoms with Gasteiger partial charge in [-0.05, 0) is 56.4 Å². The molecular weight excluding hydrogens is 322 g/mol. The molecule has 2 aromatic rings. The van der Waals surface area contributed by atoms with Crippen molar-refractivity contribution in [3.8, 4) is 10.6 Å². The first-order valence-corrected chi connectivity index (χ1v) is 8.12. The van der Waals surface area contributed by atoms with Crippen LogP contribution in [0.25, 0.3) is 10.6 Å². The van der Waals surface area contributed by atoms with Crippen LogP contribution in [0, 0.1) is 13.8 Å². The van der Waals surface area contributed by atoms with Crippen molar-refractivity contribution in [2.45, 2.75) is 39.2 Å². The first kappa shape index (κ1) is 13.3. The normalized spacial score (nSPS) is 18.4. The molecule has 0 spiro atoms. The molecule has 1 N–H and O–H groups in total. The van der Waals surface area contributed by atoms with Crippen LogP contribution in [0.4, 0.5) is 0 Å². The fourth-order valence-electron chi connectivity index (χ4n) is 2.59. The van der Waals surface area contributed by atoms with Crippen LogP contribution < -0.4 is 0 Å². The minimum absolute atomic E-state index is 0.312. The molecule has 2 nitrogen and oxygen atoms in total. The second kappa shape index (κ2) is 5.00. The Morgan fingerprint density at radius 2 is 2.00 bits per heavy atom.